The molecule has 0 fully saturated rings. The summed E-state index contributed by atoms with van der Waals surface area (Å²) in [7, 11) is 0. The monoisotopic (exact) mass is 372 g/mol. The van der Waals surface area contributed by atoms with E-state index in [4.69, 9.17) is 4.42 Å². The largest absolute Gasteiger partial charge is 0.464 e. The normalized spacial score (nSPS) is 13.0. The molecule has 0 aliphatic heterocycles. The number of H-pyrrole nitrogens is 1. The van der Waals surface area contributed by atoms with Gasteiger partial charge in [-0.1, -0.05) is 0 Å². The Morgan fingerprint density at radius 3 is 2.71 bits per heavy atom. The summed E-state index contributed by atoms with van der Waals surface area (Å²) in [5.74, 6) is 1.35. The maximum Gasteiger partial charge on any atom is 0.228 e. The fourth-order valence-corrected chi connectivity index (χ4v) is 3.84. The SMILES string of the molecule is Cc1nc(-c2ccc(NC(=O)Cc3coc4cc5c(cc34)CCC5)cc2)n[nH]1. The highest BCUT2D eigenvalue weighted by atomic mass is 16.3. The number of hydrogen-bond donors (Lipinski definition) is 2. The van der Waals surface area contributed by atoms with Crippen molar-refractivity contribution in [2.24, 2.45) is 0 Å². The average molecular weight is 372 g/mol. The summed E-state index contributed by atoms with van der Waals surface area (Å²) in [5, 5.41) is 11.0. The van der Waals surface area contributed by atoms with Gasteiger partial charge in [-0.3, -0.25) is 9.89 Å². The molecule has 1 amide bonds. The van der Waals surface area contributed by atoms with Crippen LogP contribution in [0.15, 0.2) is 47.1 Å². The van der Waals surface area contributed by atoms with Crippen LogP contribution in [-0.4, -0.2) is 21.1 Å². The fourth-order valence-electron chi connectivity index (χ4n) is 3.84. The van der Waals surface area contributed by atoms with Crippen LogP contribution in [0, 0.1) is 6.92 Å². The lowest BCUT2D eigenvalue weighted by Crippen LogP contribution is -2.14. The zero-order valence-corrected chi connectivity index (χ0v) is 15.6. The predicted molar refractivity (Wildman–Crippen MR) is 107 cm³/mol. The third-order valence-corrected chi connectivity index (χ3v) is 5.24. The molecule has 28 heavy (non-hydrogen) atoms. The Kier molecular flexibility index (Phi) is 3.97. The van der Waals surface area contributed by atoms with E-state index in [9.17, 15) is 4.79 Å². The second-order valence-corrected chi connectivity index (χ2v) is 7.28. The van der Waals surface area contributed by atoms with E-state index in [0.717, 1.165) is 46.4 Å². The Morgan fingerprint density at radius 1 is 1.18 bits per heavy atom. The number of anilines is 1. The fraction of sp³-hybridized carbons (Fsp3) is 0.227. The zero-order chi connectivity index (χ0) is 19.1. The number of rotatable bonds is 4. The van der Waals surface area contributed by atoms with Crippen molar-refractivity contribution >= 4 is 22.6 Å². The molecule has 0 spiro atoms. The summed E-state index contributed by atoms with van der Waals surface area (Å²) in [4.78, 5) is 16.8. The van der Waals surface area contributed by atoms with Gasteiger partial charge in [0.2, 0.25) is 5.91 Å². The first-order valence-electron chi connectivity index (χ1n) is 9.47. The number of amides is 1. The highest BCUT2D eigenvalue weighted by Crippen LogP contribution is 2.30. The minimum atomic E-state index is -0.0651. The molecular weight excluding hydrogens is 352 g/mol. The Hall–Kier alpha value is -3.41. The first kappa shape index (κ1) is 16.7. The maximum atomic E-state index is 12.5. The predicted octanol–water partition coefficient (Wildman–Crippen LogP) is 4.20. The van der Waals surface area contributed by atoms with Crippen LogP contribution >= 0.6 is 0 Å². The summed E-state index contributed by atoms with van der Waals surface area (Å²) in [6, 6.07) is 11.8. The number of aromatic nitrogens is 3. The van der Waals surface area contributed by atoms with Gasteiger partial charge in [0.25, 0.3) is 0 Å². The number of carbonyl (C=O) groups is 1. The van der Waals surface area contributed by atoms with Crippen molar-refractivity contribution < 1.29 is 9.21 Å². The molecule has 1 aliphatic carbocycles. The molecule has 0 saturated heterocycles. The molecule has 140 valence electrons. The van der Waals surface area contributed by atoms with Crippen molar-refractivity contribution in [1.29, 1.82) is 0 Å². The summed E-state index contributed by atoms with van der Waals surface area (Å²) in [6.45, 7) is 1.86. The molecule has 6 heteroatoms. The van der Waals surface area contributed by atoms with Gasteiger partial charge in [-0.25, -0.2) is 4.98 Å². The smallest absolute Gasteiger partial charge is 0.228 e. The lowest BCUT2D eigenvalue weighted by atomic mass is 10.0. The van der Waals surface area contributed by atoms with E-state index in [1.54, 1.807) is 6.26 Å². The van der Waals surface area contributed by atoms with Crippen LogP contribution in [0.25, 0.3) is 22.4 Å². The van der Waals surface area contributed by atoms with Crippen LogP contribution in [0.4, 0.5) is 5.69 Å². The van der Waals surface area contributed by atoms with Crippen molar-refractivity contribution in [3.8, 4) is 11.4 Å². The quantitative estimate of drug-likeness (QED) is 0.562. The molecule has 2 heterocycles. The van der Waals surface area contributed by atoms with Crippen LogP contribution in [0.5, 0.6) is 0 Å². The number of benzene rings is 2. The van der Waals surface area contributed by atoms with Gasteiger partial charge in [-0.2, -0.15) is 5.10 Å². The average Bonchev–Trinajstić information content (AvgIpc) is 3.41. The molecule has 5 rings (SSSR count). The topological polar surface area (TPSA) is 83.8 Å². The summed E-state index contributed by atoms with van der Waals surface area (Å²) < 4.78 is 5.70. The minimum Gasteiger partial charge on any atom is -0.464 e. The van der Waals surface area contributed by atoms with Crippen LogP contribution in [-0.2, 0) is 24.1 Å². The van der Waals surface area contributed by atoms with E-state index in [2.05, 4.69) is 32.6 Å². The van der Waals surface area contributed by atoms with Gasteiger partial charge in [-0.05, 0) is 73.7 Å². The van der Waals surface area contributed by atoms with Crippen molar-refractivity contribution in [3.63, 3.8) is 0 Å². The van der Waals surface area contributed by atoms with Crippen molar-refractivity contribution in [2.45, 2.75) is 32.6 Å². The lowest BCUT2D eigenvalue weighted by Gasteiger charge is -2.06. The molecule has 2 aromatic carbocycles. The standard InChI is InChI=1S/C22H20N4O2/c1-13-23-22(26-25-13)14-5-7-18(8-6-14)24-21(27)11-17-12-28-20-10-16-4-2-3-15(16)9-19(17)20/h5-10,12H,2-4,11H2,1H3,(H,24,27)(H,23,25,26). The van der Waals surface area contributed by atoms with Gasteiger partial charge in [0.1, 0.15) is 11.4 Å². The molecule has 0 unspecified atom stereocenters. The Balaban J connectivity index is 1.30. The first-order valence-corrected chi connectivity index (χ1v) is 9.47. The van der Waals surface area contributed by atoms with E-state index in [0.29, 0.717) is 5.82 Å². The number of aryl methyl sites for hydroxylation is 3. The zero-order valence-electron chi connectivity index (χ0n) is 15.6. The van der Waals surface area contributed by atoms with E-state index in [1.165, 1.54) is 17.5 Å². The second kappa shape index (κ2) is 6.64. The molecule has 0 saturated carbocycles. The van der Waals surface area contributed by atoms with E-state index in [-0.39, 0.29) is 12.3 Å². The number of carbonyl (C=O) groups excluding carboxylic acids is 1. The number of fused-ring (bicyclic) bond motifs is 2. The van der Waals surface area contributed by atoms with Crippen molar-refractivity contribution in [2.75, 3.05) is 5.32 Å². The number of nitrogens with one attached hydrogen (secondary N) is 2. The highest BCUT2D eigenvalue weighted by Gasteiger charge is 2.17. The minimum absolute atomic E-state index is 0.0651. The van der Waals surface area contributed by atoms with Crippen LogP contribution in [0.1, 0.15) is 28.9 Å². The van der Waals surface area contributed by atoms with Gasteiger partial charge in [0, 0.05) is 22.2 Å². The van der Waals surface area contributed by atoms with Gasteiger partial charge >= 0.3 is 0 Å². The van der Waals surface area contributed by atoms with Crippen molar-refractivity contribution in [1.82, 2.24) is 15.2 Å². The second-order valence-electron chi connectivity index (χ2n) is 7.28. The molecule has 2 aromatic heterocycles. The molecule has 2 N–H and O–H groups in total. The van der Waals surface area contributed by atoms with Crippen LogP contribution in [0.2, 0.25) is 0 Å². The summed E-state index contributed by atoms with van der Waals surface area (Å²) in [6.07, 6.45) is 5.41. The molecule has 0 bridgehead atoms. The Labute approximate surface area is 162 Å². The lowest BCUT2D eigenvalue weighted by molar-refractivity contribution is -0.115. The number of hydrogen-bond acceptors (Lipinski definition) is 4. The van der Waals surface area contributed by atoms with Crippen LogP contribution < -0.4 is 5.32 Å². The Morgan fingerprint density at radius 2 is 1.96 bits per heavy atom. The van der Waals surface area contributed by atoms with Gasteiger partial charge in [0.15, 0.2) is 5.82 Å². The van der Waals surface area contributed by atoms with Crippen molar-refractivity contribution in [3.05, 3.63) is 65.2 Å². The van der Waals surface area contributed by atoms with Gasteiger partial charge in [-0.15, -0.1) is 0 Å². The van der Waals surface area contributed by atoms with E-state index < -0.39 is 0 Å². The highest BCUT2D eigenvalue weighted by molar-refractivity contribution is 5.95. The van der Waals surface area contributed by atoms with E-state index >= 15 is 0 Å². The molecular formula is C22H20N4O2. The molecule has 0 atom stereocenters. The molecule has 0 radical (unpaired) electrons. The summed E-state index contributed by atoms with van der Waals surface area (Å²) in [5.41, 5.74) is 6.20. The number of aromatic amines is 1. The van der Waals surface area contributed by atoms with Gasteiger partial charge < -0.3 is 9.73 Å². The molecule has 6 nitrogen and oxygen atoms in total. The molecule has 4 aromatic rings. The number of furan rings is 1. The third kappa shape index (κ3) is 3.07. The number of nitrogens with zero attached hydrogens (tertiary/aromatic N) is 2. The molecule has 1 aliphatic rings. The summed E-state index contributed by atoms with van der Waals surface area (Å²) >= 11 is 0. The maximum absolute atomic E-state index is 12.5. The van der Waals surface area contributed by atoms with E-state index in [1.807, 2.05) is 31.2 Å². The third-order valence-electron chi connectivity index (χ3n) is 5.24. The first-order chi connectivity index (χ1) is 13.7. The van der Waals surface area contributed by atoms with Gasteiger partial charge in [0.05, 0.1) is 12.7 Å². The Bertz CT molecular complexity index is 1170. The van der Waals surface area contributed by atoms with Crippen LogP contribution in [0.3, 0.4) is 0 Å².